The number of hydrogen-bond acceptors (Lipinski definition) is 6. The molecule has 0 saturated carbocycles. The molecule has 0 aromatic heterocycles. The van der Waals surface area contributed by atoms with Crippen LogP contribution in [-0.2, 0) is 9.59 Å². The number of ether oxygens (including phenoxy) is 1. The van der Waals surface area contributed by atoms with Crippen molar-refractivity contribution in [2.75, 3.05) is 11.9 Å². The fourth-order valence-corrected chi connectivity index (χ4v) is 4.54. The Balaban J connectivity index is 1.52. The van der Waals surface area contributed by atoms with Crippen LogP contribution in [0.5, 0.6) is 5.75 Å². The summed E-state index contributed by atoms with van der Waals surface area (Å²) in [6.07, 6.45) is 1.45. The van der Waals surface area contributed by atoms with Crippen molar-refractivity contribution in [3.05, 3.63) is 98.3 Å². The van der Waals surface area contributed by atoms with Crippen molar-refractivity contribution >= 4 is 74.1 Å². The van der Waals surface area contributed by atoms with Crippen LogP contribution < -0.4 is 10.1 Å². The van der Waals surface area contributed by atoms with Gasteiger partial charge in [-0.2, -0.15) is 0 Å². The molecule has 1 N–H and O–H groups in total. The summed E-state index contributed by atoms with van der Waals surface area (Å²) < 4.78 is 6.20. The van der Waals surface area contributed by atoms with E-state index in [0.29, 0.717) is 32.5 Å². The molecule has 10 heteroatoms. The number of thioether (sulfide) groups is 1. The molecule has 0 atom stereocenters. The number of hydrogen-bond donors (Lipinski definition) is 1. The summed E-state index contributed by atoms with van der Waals surface area (Å²) in [4.78, 5) is 51.2. The van der Waals surface area contributed by atoms with Gasteiger partial charge in [0, 0.05) is 20.7 Å². The molecular formula is C25H16BrClN2O5S. The molecule has 3 aromatic rings. The highest BCUT2D eigenvalue weighted by Gasteiger charge is 2.36. The molecule has 0 bridgehead atoms. The smallest absolute Gasteiger partial charge is 0.343 e. The predicted molar refractivity (Wildman–Crippen MR) is 138 cm³/mol. The van der Waals surface area contributed by atoms with E-state index in [-0.39, 0.29) is 16.2 Å². The zero-order chi connectivity index (χ0) is 24.9. The molecular weight excluding hydrogens is 556 g/mol. The van der Waals surface area contributed by atoms with Crippen LogP contribution in [0.4, 0.5) is 10.5 Å². The van der Waals surface area contributed by atoms with Gasteiger partial charge in [-0.3, -0.25) is 19.3 Å². The van der Waals surface area contributed by atoms with Crippen molar-refractivity contribution < 1.29 is 23.9 Å². The minimum Gasteiger partial charge on any atom is -0.422 e. The molecule has 1 heterocycles. The minimum atomic E-state index is -0.629. The Kier molecular flexibility index (Phi) is 7.70. The number of anilines is 1. The van der Waals surface area contributed by atoms with E-state index in [2.05, 4.69) is 21.2 Å². The number of rotatable bonds is 6. The number of imide groups is 1. The lowest BCUT2D eigenvalue weighted by Crippen LogP contribution is -2.36. The number of benzene rings is 3. The summed E-state index contributed by atoms with van der Waals surface area (Å²) in [7, 11) is 0. The number of nitrogens with one attached hydrogen (secondary N) is 1. The third kappa shape index (κ3) is 6.19. The number of esters is 1. The number of halogens is 2. The van der Waals surface area contributed by atoms with Crippen molar-refractivity contribution in [1.29, 1.82) is 0 Å². The largest absolute Gasteiger partial charge is 0.422 e. The van der Waals surface area contributed by atoms with Gasteiger partial charge < -0.3 is 10.1 Å². The molecule has 0 spiro atoms. The molecule has 0 unspecified atom stereocenters. The van der Waals surface area contributed by atoms with E-state index in [4.69, 9.17) is 16.3 Å². The normalized spacial score (nSPS) is 14.3. The van der Waals surface area contributed by atoms with Gasteiger partial charge >= 0.3 is 5.97 Å². The minimum absolute atomic E-state index is 0.0978. The molecule has 1 aliphatic heterocycles. The zero-order valence-corrected chi connectivity index (χ0v) is 21.0. The van der Waals surface area contributed by atoms with Crippen molar-refractivity contribution in [3.8, 4) is 5.75 Å². The third-order valence-corrected chi connectivity index (χ3v) is 6.39. The second-order valence-corrected chi connectivity index (χ2v) is 9.61. The van der Waals surface area contributed by atoms with Crippen LogP contribution in [0.15, 0.2) is 82.2 Å². The third-order valence-electron chi connectivity index (χ3n) is 4.75. The average Bonchev–Trinajstić information content (AvgIpc) is 3.08. The maximum Gasteiger partial charge on any atom is 0.343 e. The van der Waals surface area contributed by atoms with Crippen molar-refractivity contribution in [2.45, 2.75) is 0 Å². The van der Waals surface area contributed by atoms with Gasteiger partial charge in [0.2, 0.25) is 5.91 Å². The quantitative estimate of drug-likeness (QED) is 0.222. The second kappa shape index (κ2) is 10.9. The Hall–Kier alpha value is -3.40. The van der Waals surface area contributed by atoms with Gasteiger partial charge in [-0.25, -0.2) is 4.79 Å². The molecule has 7 nitrogen and oxygen atoms in total. The summed E-state index contributed by atoms with van der Waals surface area (Å²) in [5, 5.41) is 2.46. The lowest BCUT2D eigenvalue weighted by molar-refractivity contribution is -0.127. The molecule has 4 rings (SSSR count). The van der Waals surface area contributed by atoms with Gasteiger partial charge in [0.25, 0.3) is 11.1 Å². The van der Waals surface area contributed by atoms with Gasteiger partial charge in [0.15, 0.2) is 0 Å². The summed E-state index contributed by atoms with van der Waals surface area (Å²) in [6.45, 7) is -0.425. The molecule has 3 amide bonds. The van der Waals surface area contributed by atoms with Crippen molar-refractivity contribution in [2.24, 2.45) is 0 Å². The van der Waals surface area contributed by atoms with E-state index in [9.17, 15) is 19.2 Å². The number of carbonyl (C=O) groups excluding carboxylic acids is 4. The molecule has 3 aromatic carbocycles. The van der Waals surface area contributed by atoms with E-state index in [0.717, 1.165) is 4.90 Å². The monoisotopic (exact) mass is 570 g/mol. The standard InChI is InChI=1S/C25H16BrClN2O5S/c26-17-9-10-20(34-24(32)15-5-4-6-18(27)12-15)16(11-17)13-21-23(31)29(25(33)35-21)14-22(30)28-19-7-2-1-3-8-19/h1-13H,14H2,(H,28,30)/b21-13-. The summed E-state index contributed by atoms with van der Waals surface area (Å²) in [5.74, 6) is -1.56. The first kappa shape index (κ1) is 24.7. The van der Waals surface area contributed by atoms with Gasteiger partial charge in [0.1, 0.15) is 12.3 Å². The number of amides is 3. The van der Waals surface area contributed by atoms with Crippen LogP contribution in [0.3, 0.4) is 0 Å². The fourth-order valence-electron chi connectivity index (χ4n) is 3.14. The molecule has 1 saturated heterocycles. The summed E-state index contributed by atoms with van der Waals surface area (Å²) in [5.41, 5.74) is 1.21. The van der Waals surface area contributed by atoms with Crippen molar-refractivity contribution in [3.63, 3.8) is 0 Å². The van der Waals surface area contributed by atoms with Gasteiger partial charge in [-0.15, -0.1) is 0 Å². The van der Waals surface area contributed by atoms with Crippen molar-refractivity contribution in [1.82, 2.24) is 4.90 Å². The van der Waals surface area contributed by atoms with E-state index >= 15 is 0 Å². The fraction of sp³-hybridized carbons (Fsp3) is 0.0400. The second-order valence-electron chi connectivity index (χ2n) is 7.26. The van der Waals surface area contributed by atoms with Gasteiger partial charge in [-0.05, 0) is 66.4 Å². The Bertz CT molecular complexity index is 1360. The van der Waals surface area contributed by atoms with E-state index in [1.807, 2.05) is 0 Å². The number of para-hydroxylation sites is 1. The lowest BCUT2D eigenvalue weighted by Gasteiger charge is -2.12. The molecule has 35 heavy (non-hydrogen) atoms. The molecule has 0 aliphatic carbocycles. The van der Waals surface area contributed by atoms with E-state index < -0.39 is 29.6 Å². The van der Waals surface area contributed by atoms with Crippen LogP contribution in [0.2, 0.25) is 5.02 Å². The van der Waals surface area contributed by atoms with Crippen LogP contribution in [-0.4, -0.2) is 34.5 Å². The topological polar surface area (TPSA) is 92.8 Å². The summed E-state index contributed by atoms with van der Waals surface area (Å²) in [6, 6.07) is 19.9. The SMILES string of the molecule is O=C(CN1C(=O)S/C(=C\c2cc(Br)ccc2OC(=O)c2cccc(Cl)c2)C1=O)Nc1ccccc1. The summed E-state index contributed by atoms with van der Waals surface area (Å²) >= 11 is 10.0. The van der Waals surface area contributed by atoms with E-state index in [1.165, 1.54) is 12.1 Å². The number of carbonyl (C=O) groups is 4. The Morgan fingerprint density at radius 1 is 1.03 bits per heavy atom. The van der Waals surface area contributed by atoms with Crippen LogP contribution >= 0.6 is 39.3 Å². The maximum atomic E-state index is 12.9. The van der Waals surface area contributed by atoms with Gasteiger partial charge in [-0.1, -0.05) is 51.8 Å². The number of nitrogens with zero attached hydrogens (tertiary/aromatic N) is 1. The molecule has 0 radical (unpaired) electrons. The highest BCUT2D eigenvalue weighted by Crippen LogP contribution is 2.35. The average molecular weight is 572 g/mol. The Labute approximate surface area is 218 Å². The lowest BCUT2D eigenvalue weighted by atomic mass is 10.1. The first-order valence-corrected chi connectivity index (χ1v) is 12.2. The Morgan fingerprint density at radius 3 is 2.54 bits per heavy atom. The Morgan fingerprint density at radius 2 is 1.80 bits per heavy atom. The predicted octanol–water partition coefficient (Wildman–Crippen LogP) is 6.00. The molecule has 1 aliphatic rings. The first-order valence-electron chi connectivity index (χ1n) is 10.2. The van der Waals surface area contributed by atoms with Gasteiger partial charge in [0.05, 0.1) is 10.5 Å². The van der Waals surface area contributed by atoms with Crippen LogP contribution in [0.25, 0.3) is 6.08 Å². The zero-order valence-electron chi connectivity index (χ0n) is 17.9. The van der Waals surface area contributed by atoms with Crippen LogP contribution in [0.1, 0.15) is 15.9 Å². The highest BCUT2D eigenvalue weighted by molar-refractivity contribution is 9.10. The van der Waals surface area contributed by atoms with Crippen LogP contribution in [0, 0.1) is 0 Å². The molecule has 1 fully saturated rings. The first-order chi connectivity index (χ1) is 16.8. The maximum absolute atomic E-state index is 12.9. The molecule has 176 valence electrons. The highest BCUT2D eigenvalue weighted by atomic mass is 79.9. The van der Waals surface area contributed by atoms with E-state index in [1.54, 1.807) is 66.7 Å².